The molecule has 0 spiro atoms. The number of thioether (sulfide) groups is 1. The van der Waals surface area contributed by atoms with Crippen molar-refractivity contribution in [3.63, 3.8) is 0 Å². The fourth-order valence-electron chi connectivity index (χ4n) is 3.61. The van der Waals surface area contributed by atoms with E-state index < -0.39 is 0 Å². The zero-order valence-corrected chi connectivity index (χ0v) is 18.7. The standard InChI is InChI=1S/C20H26N4O3S2/c1-4-5-9-15-21-17(27-23-15)12(2)28-20-22-18-16(13-7-6-8-14(13)29-18)19(25)24(20)10-11-26-3/h12H,4-11H2,1-3H3/t12-/m0/s1. The molecule has 1 aliphatic carbocycles. The van der Waals surface area contributed by atoms with E-state index in [0.29, 0.717) is 24.2 Å². The maximum atomic E-state index is 13.3. The van der Waals surface area contributed by atoms with E-state index >= 15 is 0 Å². The van der Waals surface area contributed by atoms with Crippen LogP contribution in [0, 0.1) is 0 Å². The van der Waals surface area contributed by atoms with Crippen LogP contribution < -0.4 is 5.56 Å². The van der Waals surface area contributed by atoms with Crippen molar-refractivity contribution in [1.82, 2.24) is 19.7 Å². The Balaban J connectivity index is 1.66. The summed E-state index contributed by atoms with van der Waals surface area (Å²) in [4.78, 5) is 24.9. The van der Waals surface area contributed by atoms with Gasteiger partial charge in [0.05, 0.1) is 23.8 Å². The third kappa shape index (κ3) is 4.13. The Bertz CT molecular complexity index is 1060. The predicted molar refractivity (Wildman–Crippen MR) is 115 cm³/mol. The lowest BCUT2D eigenvalue weighted by atomic mass is 10.2. The van der Waals surface area contributed by atoms with Crippen LogP contribution in [0.2, 0.25) is 0 Å². The molecule has 3 heterocycles. The van der Waals surface area contributed by atoms with Crippen molar-refractivity contribution in [2.24, 2.45) is 0 Å². The fraction of sp³-hybridized carbons (Fsp3) is 0.600. The molecular formula is C20H26N4O3S2. The van der Waals surface area contributed by atoms with Crippen molar-refractivity contribution >= 4 is 33.3 Å². The van der Waals surface area contributed by atoms with Gasteiger partial charge < -0.3 is 9.26 Å². The highest BCUT2D eigenvalue weighted by Crippen LogP contribution is 2.38. The summed E-state index contributed by atoms with van der Waals surface area (Å²) in [5.74, 6) is 1.31. The molecular weight excluding hydrogens is 408 g/mol. The Kier molecular flexibility index (Phi) is 6.36. The summed E-state index contributed by atoms with van der Waals surface area (Å²) in [6.45, 7) is 5.08. The molecule has 9 heteroatoms. The molecule has 0 unspecified atom stereocenters. The van der Waals surface area contributed by atoms with Gasteiger partial charge in [0.1, 0.15) is 4.83 Å². The number of rotatable bonds is 9. The van der Waals surface area contributed by atoms with E-state index in [0.717, 1.165) is 54.6 Å². The minimum absolute atomic E-state index is 0.0373. The molecule has 4 rings (SSSR count). The van der Waals surface area contributed by atoms with E-state index in [1.54, 1.807) is 23.0 Å². The summed E-state index contributed by atoms with van der Waals surface area (Å²) in [7, 11) is 1.64. The Morgan fingerprint density at radius 2 is 2.21 bits per heavy atom. The molecule has 29 heavy (non-hydrogen) atoms. The molecule has 0 amide bonds. The van der Waals surface area contributed by atoms with Gasteiger partial charge in [0, 0.05) is 18.4 Å². The van der Waals surface area contributed by atoms with Crippen LogP contribution in [-0.4, -0.2) is 33.4 Å². The van der Waals surface area contributed by atoms with E-state index in [1.165, 1.54) is 22.2 Å². The van der Waals surface area contributed by atoms with Crippen LogP contribution in [0.15, 0.2) is 14.5 Å². The molecule has 0 fully saturated rings. The van der Waals surface area contributed by atoms with Crippen LogP contribution in [0.25, 0.3) is 10.2 Å². The van der Waals surface area contributed by atoms with Gasteiger partial charge in [0.2, 0.25) is 5.89 Å². The van der Waals surface area contributed by atoms with E-state index in [4.69, 9.17) is 14.2 Å². The first-order valence-corrected chi connectivity index (χ1v) is 11.8. The zero-order valence-electron chi connectivity index (χ0n) is 17.1. The average Bonchev–Trinajstić information content (AvgIpc) is 3.41. The highest BCUT2D eigenvalue weighted by molar-refractivity contribution is 7.99. The van der Waals surface area contributed by atoms with Crippen molar-refractivity contribution in [3.8, 4) is 0 Å². The minimum Gasteiger partial charge on any atom is -0.383 e. The molecule has 156 valence electrons. The molecule has 7 nitrogen and oxygen atoms in total. The van der Waals surface area contributed by atoms with E-state index in [2.05, 4.69) is 17.1 Å². The van der Waals surface area contributed by atoms with Crippen molar-refractivity contribution in [2.45, 2.75) is 69.3 Å². The van der Waals surface area contributed by atoms with Gasteiger partial charge in [0.15, 0.2) is 11.0 Å². The van der Waals surface area contributed by atoms with Gasteiger partial charge in [-0.05, 0) is 38.2 Å². The van der Waals surface area contributed by atoms with Crippen molar-refractivity contribution in [1.29, 1.82) is 0 Å². The first-order valence-electron chi connectivity index (χ1n) is 10.2. The van der Waals surface area contributed by atoms with Gasteiger partial charge in [-0.15, -0.1) is 11.3 Å². The SMILES string of the molecule is CCCCc1noc([C@H](C)Sc2nc3sc4c(c3c(=O)n2CCOC)CCC4)n1. The van der Waals surface area contributed by atoms with Crippen LogP contribution in [0.1, 0.15) is 60.5 Å². The number of fused-ring (bicyclic) bond motifs is 3. The largest absolute Gasteiger partial charge is 0.383 e. The first-order chi connectivity index (χ1) is 14.1. The number of unbranched alkanes of at least 4 members (excludes halogenated alkanes) is 1. The van der Waals surface area contributed by atoms with Gasteiger partial charge in [-0.2, -0.15) is 4.98 Å². The lowest BCUT2D eigenvalue weighted by Crippen LogP contribution is -2.25. The van der Waals surface area contributed by atoms with E-state index in [-0.39, 0.29) is 10.8 Å². The topological polar surface area (TPSA) is 83.0 Å². The van der Waals surface area contributed by atoms with Crippen LogP contribution in [0.5, 0.6) is 0 Å². The molecule has 3 aromatic heterocycles. The predicted octanol–water partition coefficient (Wildman–Crippen LogP) is 4.17. The number of thiophene rings is 1. The minimum atomic E-state index is -0.0946. The summed E-state index contributed by atoms with van der Waals surface area (Å²) < 4.78 is 12.4. The van der Waals surface area contributed by atoms with Gasteiger partial charge >= 0.3 is 0 Å². The van der Waals surface area contributed by atoms with Gasteiger partial charge in [-0.25, -0.2) is 4.98 Å². The summed E-state index contributed by atoms with van der Waals surface area (Å²) in [6, 6.07) is 0. The monoisotopic (exact) mass is 434 g/mol. The van der Waals surface area contributed by atoms with Crippen LogP contribution in [0.4, 0.5) is 0 Å². The molecule has 1 aliphatic rings. The smallest absolute Gasteiger partial charge is 0.263 e. The Hall–Kier alpha value is -1.71. The summed E-state index contributed by atoms with van der Waals surface area (Å²) in [6.07, 6.45) is 6.10. The third-order valence-corrected chi connectivity index (χ3v) is 7.44. The summed E-state index contributed by atoms with van der Waals surface area (Å²) >= 11 is 3.15. The van der Waals surface area contributed by atoms with Crippen molar-refractivity contribution in [2.75, 3.05) is 13.7 Å². The molecule has 0 saturated carbocycles. The fourth-order valence-corrected chi connectivity index (χ4v) is 5.87. The first kappa shape index (κ1) is 20.6. The molecule has 0 N–H and O–H groups in total. The third-order valence-electron chi connectivity index (χ3n) is 5.18. The summed E-state index contributed by atoms with van der Waals surface area (Å²) in [5.41, 5.74) is 1.24. The number of aromatic nitrogens is 4. The van der Waals surface area contributed by atoms with Crippen molar-refractivity contribution < 1.29 is 9.26 Å². The van der Waals surface area contributed by atoms with Crippen LogP contribution in [0.3, 0.4) is 0 Å². The van der Waals surface area contributed by atoms with Gasteiger partial charge in [-0.1, -0.05) is 30.3 Å². The maximum Gasteiger partial charge on any atom is 0.263 e. The second-order valence-corrected chi connectivity index (χ2v) is 9.69. The molecule has 0 aliphatic heterocycles. The second kappa shape index (κ2) is 8.97. The van der Waals surface area contributed by atoms with Gasteiger partial charge in [-0.3, -0.25) is 9.36 Å². The lowest BCUT2D eigenvalue weighted by Gasteiger charge is -2.13. The highest BCUT2D eigenvalue weighted by Gasteiger charge is 2.25. The molecule has 0 aromatic carbocycles. The molecule has 1 atom stereocenters. The maximum absolute atomic E-state index is 13.3. The molecule has 0 saturated heterocycles. The average molecular weight is 435 g/mol. The molecule has 0 bridgehead atoms. The Labute approximate surface area is 177 Å². The molecule has 0 radical (unpaired) electrons. The number of hydrogen-bond acceptors (Lipinski definition) is 8. The van der Waals surface area contributed by atoms with Crippen LogP contribution >= 0.6 is 23.1 Å². The number of nitrogens with zero attached hydrogens (tertiary/aromatic N) is 4. The normalized spacial score (nSPS) is 14.6. The number of ether oxygens (including phenoxy) is 1. The highest BCUT2D eigenvalue weighted by atomic mass is 32.2. The van der Waals surface area contributed by atoms with Crippen molar-refractivity contribution in [3.05, 3.63) is 32.5 Å². The number of hydrogen-bond donors (Lipinski definition) is 0. The van der Waals surface area contributed by atoms with E-state index in [1.807, 2.05) is 6.92 Å². The van der Waals surface area contributed by atoms with Gasteiger partial charge in [0.25, 0.3) is 5.56 Å². The lowest BCUT2D eigenvalue weighted by molar-refractivity contribution is 0.183. The number of methoxy groups -OCH3 is 1. The molecule has 3 aromatic rings. The Morgan fingerprint density at radius 1 is 1.34 bits per heavy atom. The number of aryl methyl sites for hydroxylation is 3. The van der Waals surface area contributed by atoms with E-state index in [9.17, 15) is 4.79 Å². The quantitative estimate of drug-likeness (QED) is 0.369. The zero-order chi connectivity index (χ0) is 20.4. The Morgan fingerprint density at radius 3 is 3.00 bits per heavy atom. The summed E-state index contributed by atoms with van der Waals surface area (Å²) in [5, 5.41) is 5.47. The van der Waals surface area contributed by atoms with Crippen LogP contribution in [-0.2, 0) is 30.5 Å². The second-order valence-electron chi connectivity index (χ2n) is 7.29.